The fourth-order valence-electron chi connectivity index (χ4n) is 6.51. The predicted molar refractivity (Wildman–Crippen MR) is 266 cm³/mol. The maximum atomic E-state index is 14.5. The van der Waals surface area contributed by atoms with Crippen molar-refractivity contribution in [3.05, 3.63) is 88.8 Å². The molecule has 0 unspecified atom stereocenters. The molecule has 384 valence electrons. The summed E-state index contributed by atoms with van der Waals surface area (Å²) in [6, 6.07) is 8.25. The van der Waals surface area contributed by atoms with Gasteiger partial charge in [-0.1, -0.05) is 98.8 Å². The molecule has 0 spiro atoms. The molecule has 0 saturated carbocycles. The first-order valence-electron chi connectivity index (χ1n) is 21.8. The molecule has 4 amide bonds. The maximum Gasteiger partial charge on any atom is 0.344 e. The van der Waals surface area contributed by atoms with Gasteiger partial charge < -0.3 is 34.0 Å². The number of para-hydroxylation sites is 1. The van der Waals surface area contributed by atoms with Crippen molar-refractivity contribution in [2.24, 2.45) is 0 Å². The van der Waals surface area contributed by atoms with Gasteiger partial charge in [-0.15, -0.1) is 24.8 Å². The van der Waals surface area contributed by atoms with Crippen molar-refractivity contribution >= 4 is 101 Å². The Hall–Kier alpha value is -4.36. The van der Waals surface area contributed by atoms with E-state index in [2.05, 4.69) is 32.3 Å². The van der Waals surface area contributed by atoms with Crippen LogP contribution in [0.15, 0.2) is 66.8 Å². The quantitative estimate of drug-likeness (QED) is 0.0157. The van der Waals surface area contributed by atoms with E-state index in [1.54, 1.807) is 24.2 Å². The Kier molecular flexibility index (Phi) is 30.2. The molecule has 69 heavy (non-hydrogen) atoms. The number of aryl methyl sites for hydroxylation is 2. The number of carbonyl (C=O) groups is 6. The summed E-state index contributed by atoms with van der Waals surface area (Å²) < 4.78 is 40.1. The van der Waals surface area contributed by atoms with E-state index in [0.717, 1.165) is 72.7 Å². The summed E-state index contributed by atoms with van der Waals surface area (Å²) >= 11 is 22.5. The number of nitrogens with one attached hydrogen (secondary N) is 1. The van der Waals surface area contributed by atoms with E-state index in [1.807, 2.05) is 25.1 Å². The fraction of sp³-hybridized carbons (Fsp3) is 0.478. The van der Waals surface area contributed by atoms with Crippen molar-refractivity contribution in [1.29, 1.82) is 0 Å². The molecule has 2 aromatic carbocycles. The van der Waals surface area contributed by atoms with Gasteiger partial charge in [0.15, 0.2) is 11.4 Å². The number of unbranched alkanes of at least 4 members (excludes halogenated alkanes) is 2. The van der Waals surface area contributed by atoms with Gasteiger partial charge in [0, 0.05) is 37.4 Å². The van der Waals surface area contributed by atoms with Crippen LogP contribution in [-0.4, -0.2) is 119 Å². The van der Waals surface area contributed by atoms with Crippen molar-refractivity contribution in [2.75, 3.05) is 68.7 Å². The van der Waals surface area contributed by atoms with Crippen LogP contribution in [-0.2, 0) is 55.6 Å². The SMILES string of the molecule is C=CCN(CC=C)C(=O)C(Cl)Cl.CCCCCOC(=O)COc1cc(N2C(=O)C3=C(CCCC3)C2=O)c(F)cc1Cl.CCc1cccc(CC)c1N(COC)C(=O)CCl.O=C(O)CNCP(=O)(O)O. The van der Waals surface area contributed by atoms with Crippen molar-refractivity contribution in [2.45, 2.75) is 83.4 Å². The molecule has 1 aliphatic carbocycles. The fourth-order valence-corrected chi connectivity index (χ4v) is 7.54. The normalized spacial score (nSPS) is 12.9. The van der Waals surface area contributed by atoms with Gasteiger partial charge in [-0.2, -0.15) is 0 Å². The highest BCUT2D eigenvalue weighted by Gasteiger charge is 2.41. The van der Waals surface area contributed by atoms with Gasteiger partial charge in [0.2, 0.25) is 5.91 Å². The zero-order valence-corrected chi connectivity index (χ0v) is 43.1. The van der Waals surface area contributed by atoms with Gasteiger partial charge >= 0.3 is 19.5 Å². The topological polar surface area (TPSA) is 230 Å². The number of anilines is 2. The summed E-state index contributed by atoms with van der Waals surface area (Å²) in [7, 11) is -2.52. The number of esters is 1. The molecule has 0 saturated heterocycles. The van der Waals surface area contributed by atoms with Crippen LogP contribution < -0.4 is 19.9 Å². The number of rotatable bonds is 23. The number of hydrogen-bond donors (Lipinski definition) is 4. The number of alkyl halides is 3. The van der Waals surface area contributed by atoms with Gasteiger partial charge in [-0.3, -0.25) is 38.8 Å². The van der Waals surface area contributed by atoms with E-state index in [9.17, 15) is 37.7 Å². The Morgan fingerprint density at radius 3 is 1.99 bits per heavy atom. The number of methoxy groups -OCH3 is 1. The van der Waals surface area contributed by atoms with Crippen LogP contribution in [0.2, 0.25) is 5.02 Å². The number of carboxylic acid groups (broad SMARTS) is 1. The third-order valence-corrected chi connectivity index (χ3v) is 11.2. The lowest BCUT2D eigenvalue weighted by molar-refractivity contribution is -0.146. The largest absolute Gasteiger partial charge is 0.480 e. The van der Waals surface area contributed by atoms with Crippen molar-refractivity contribution in [3.8, 4) is 5.75 Å². The monoisotopic (exact) mass is 1070 g/mol. The van der Waals surface area contributed by atoms with E-state index < -0.39 is 61.4 Å². The molecule has 23 heteroatoms. The average Bonchev–Trinajstić information content (AvgIpc) is 3.56. The number of benzene rings is 2. The van der Waals surface area contributed by atoms with E-state index >= 15 is 0 Å². The lowest BCUT2D eigenvalue weighted by atomic mass is 9.93. The van der Waals surface area contributed by atoms with Gasteiger partial charge in [-0.25, -0.2) is 14.1 Å². The Balaban J connectivity index is 0.000000508. The van der Waals surface area contributed by atoms with E-state index in [0.29, 0.717) is 43.7 Å². The zero-order chi connectivity index (χ0) is 52.3. The summed E-state index contributed by atoms with van der Waals surface area (Å²) in [6.45, 7) is 13.8. The molecule has 0 atom stereocenters. The smallest absolute Gasteiger partial charge is 0.344 e. The highest BCUT2D eigenvalue weighted by molar-refractivity contribution is 7.51. The van der Waals surface area contributed by atoms with Gasteiger partial charge in [0.1, 0.15) is 24.2 Å². The van der Waals surface area contributed by atoms with Crippen molar-refractivity contribution in [3.63, 3.8) is 0 Å². The van der Waals surface area contributed by atoms with Crippen LogP contribution in [0.25, 0.3) is 0 Å². The highest BCUT2D eigenvalue weighted by Crippen LogP contribution is 2.39. The summed E-state index contributed by atoms with van der Waals surface area (Å²) in [6.07, 6.45) is 9.77. The first kappa shape index (κ1) is 62.7. The summed E-state index contributed by atoms with van der Waals surface area (Å²) in [5.74, 6) is -4.04. The average molecular weight is 1070 g/mol. The third kappa shape index (κ3) is 21.7. The van der Waals surface area contributed by atoms with Crippen molar-refractivity contribution in [1.82, 2.24) is 10.2 Å². The second-order valence-electron chi connectivity index (χ2n) is 14.8. The molecule has 4 rings (SSSR count). The number of carbonyl (C=O) groups excluding carboxylic acids is 5. The van der Waals surface area contributed by atoms with Gasteiger partial charge in [-0.05, 0) is 62.1 Å². The molecule has 2 aliphatic rings. The predicted octanol–water partition coefficient (Wildman–Crippen LogP) is 8.11. The molecular weight excluding hydrogens is 1010 g/mol. The number of hydrogen-bond acceptors (Lipinski definition) is 11. The summed E-state index contributed by atoms with van der Waals surface area (Å²) in [5.41, 5.74) is 3.91. The van der Waals surface area contributed by atoms with Crippen LogP contribution >= 0.6 is 54.0 Å². The first-order valence-corrected chi connectivity index (χ1v) is 25.4. The Morgan fingerprint density at radius 1 is 0.971 bits per heavy atom. The van der Waals surface area contributed by atoms with Gasteiger partial charge in [0.25, 0.3) is 17.7 Å². The van der Waals surface area contributed by atoms with Crippen LogP contribution in [0.3, 0.4) is 0 Å². The van der Waals surface area contributed by atoms with E-state index in [1.165, 1.54) is 11.0 Å². The molecule has 1 heterocycles. The van der Waals surface area contributed by atoms with E-state index in [4.69, 9.17) is 75.5 Å². The number of nitrogens with zero attached hydrogens (tertiary/aromatic N) is 3. The highest BCUT2D eigenvalue weighted by atomic mass is 35.5. The number of halogens is 5. The van der Waals surface area contributed by atoms with Crippen LogP contribution in [0.5, 0.6) is 5.75 Å². The Bertz CT molecular complexity index is 2100. The summed E-state index contributed by atoms with van der Waals surface area (Å²) in [4.78, 5) is 89.3. The molecule has 2 aromatic rings. The lowest BCUT2D eigenvalue weighted by Crippen LogP contribution is -2.35. The number of imide groups is 1. The molecule has 0 bridgehead atoms. The van der Waals surface area contributed by atoms with Crippen molar-refractivity contribution < 1.29 is 66.8 Å². The van der Waals surface area contributed by atoms with E-state index in [-0.39, 0.29) is 40.9 Å². The zero-order valence-electron chi connectivity index (χ0n) is 39.2. The second kappa shape index (κ2) is 33.3. The molecule has 0 aromatic heterocycles. The minimum Gasteiger partial charge on any atom is -0.480 e. The minimum absolute atomic E-state index is 0.000883. The van der Waals surface area contributed by atoms with Crippen LogP contribution in [0.1, 0.15) is 76.8 Å². The molecule has 4 N–H and O–H groups in total. The molecule has 17 nitrogen and oxygen atoms in total. The van der Waals surface area contributed by atoms with Crippen LogP contribution in [0, 0.1) is 5.82 Å². The molecular formula is C46H62Cl4FN4O13P. The molecule has 0 radical (unpaired) electrons. The maximum absolute atomic E-state index is 14.5. The molecule has 1 aliphatic heterocycles. The second-order valence-corrected chi connectivity index (χ2v) is 18.2. The lowest BCUT2D eigenvalue weighted by Gasteiger charge is -2.26. The minimum atomic E-state index is -4.10. The number of aliphatic carboxylic acids is 1. The van der Waals surface area contributed by atoms with Crippen LogP contribution in [0.4, 0.5) is 15.8 Å². The number of ether oxygens (including phenoxy) is 3. The number of carboxylic acids is 1. The third-order valence-electron chi connectivity index (χ3n) is 9.69. The standard InChI is InChI=1S/C21H23ClFNO5.C14H20ClNO2.C8H11Cl2NO.C3H8NO5P/c1-2-3-6-9-28-19(25)12-29-18-11-17(16(23)10-15(18)22)24-20(26)13-7-4-5-8-14(13)21(24)27;1-4-11-7-6-8-12(5-2)14(11)16(10-18-3)13(17)9-15;1-3-5-11(6-4-2)8(12)7(9)10;5-3(6)1-4-2-10(7,8)9/h10-11H,2-9,12H2,1H3;6-8H,4-5,9-10H2,1-3H3;3-4,7H,1-2,5-6H2;4H,1-2H2,(H,5,6)(H2,7,8,9). The van der Waals surface area contributed by atoms with Gasteiger partial charge in [0.05, 0.1) is 35.8 Å². The molecule has 0 fully saturated rings. The Labute approximate surface area is 422 Å². The number of amides is 4. The summed E-state index contributed by atoms with van der Waals surface area (Å²) in [5, 5.41) is 9.99. The Morgan fingerprint density at radius 2 is 1.54 bits per heavy atom. The first-order chi connectivity index (χ1) is 32.7.